The van der Waals surface area contributed by atoms with E-state index in [0.717, 1.165) is 24.8 Å². The molecular weight excluding hydrogens is 254 g/mol. The number of carboxylic acids is 1. The number of nitrogens with one attached hydrogen (secondary N) is 1. The Labute approximate surface area is 118 Å². The Bertz CT molecular complexity index is 536. The molecule has 1 atom stereocenters. The number of aryl methyl sites for hydroxylation is 1. The molecule has 0 fully saturated rings. The summed E-state index contributed by atoms with van der Waals surface area (Å²) in [4.78, 5) is 23.1. The summed E-state index contributed by atoms with van der Waals surface area (Å²) in [5.41, 5.74) is 2.72. The molecule has 1 aliphatic heterocycles. The summed E-state index contributed by atoms with van der Waals surface area (Å²) >= 11 is 0. The largest absolute Gasteiger partial charge is 0.480 e. The van der Waals surface area contributed by atoms with Crippen LogP contribution in [0.15, 0.2) is 36.4 Å². The van der Waals surface area contributed by atoms with E-state index in [1.807, 2.05) is 18.2 Å². The first-order valence-corrected chi connectivity index (χ1v) is 6.86. The molecule has 1 amide bonds. The van der Waals surface area contributed by atoms with Crippen LogP contribution < -0.4 is 5.32 Å². The molecule has 1 aromatic rings. The molecule has 4 heteroatoms. The maximum atomic E-state index is 12.0. The molecule has 0 unspecified atom stereocenters. The minimum absolute atomic E-state index is 0.367. The topological polar surface area (TPSA) is 66.4 Å². The molecule has 0 aliphatic carbocycles. The van der Waals surface area contributed by atoms with Gasteiger partial charge in [-0.15, -0.1) is 0 Å². The molecule has 2 N–H and O–H groups in total. The van der Waals surface area contributed by atoms with Crippen LogP contribution in [0.25, 0.3) is 0 Å². The van der Waals surface area contributed by atoms with Crippen molar-refractivity contribution < 1.29 is 14.7 Å². The standard InChI is InChI=1S/C16H19NO3/c1-11-10-13-8-3-2-6-12(13)7-4-5-9-14(16(19)20)17-15(11)18/h2-3,6,8,14H,1,4-5,7,9-10H2,(H,17,18)(H,19,20)/t14-/m0/s1. The van der Waals surface area contributed by atoms with Gasteiger partial charge in [0.25, 0.3) is 0 Å². The molecular formula is C16H19NO3. The third kappa shape index (κ3) is 3.47. The number of rotatable bonds is 1. The van der Waals surface area contributed by atoms with Crippen LogP contribution in [0.4, 0.5) is 0 Å². The third-order valence-electron chi connectivity index (χ3n) is 3.64. The number of benzene rings is 1. The van der Waals surface area contributed by atoms with Gasteiger partial charge in [0.05, 0.1) is 0 Å². The Morgan fingerprint density at radius 2 is 1.95 bits per heavy atom. The van der Waals surface area contributed by atoms with Gasteiger partial charge in [-0.1, -0.05) is 37.3 Å². The Kier molecular flexibility index (Phi) is 4.56. The lowest BCUT2D eigenvalue weighted by molar-refractivity contribution is -0.141. The summed E-state index contributed by atoms with van der Waals surface area (Å²) < 4.78 is 0. The number of hydrogen-bond acceptors (Lipinski definition) is 2. The van der Waals surface area contributed by atoms with E-state index in [2.05, 4.69) is 18.0 Å². The normalized spacial score (nSPS) is 20.5. The minimum Gasteiger partial charge on any atom is -0.480 e. The fourth-order valence-corrected chi connectivity index (χ4v) is 2.47. The SMILES string of the molecule is C=C1Cc2ccccc2CCCC[C@@H](C(=O)O)NC1=O. The molecule has 0 spiro atoms. The molecule has 1 heterocycles. The second-order valence-corrected chi connectivity index (χ2v) is 5.16. The molecule has 106 valence electrons. The van der Waals surface area contributed by atoms with Crippen molar-refractivity contribution in [3.8, 4) is 0 Å². The lowest BCUT2D eigenvalue weighted by Crippen LogP contribution is -2.41. The highest BCUT2D eigenvalue weighted by Gasteiger charge is 2.22. The fourth-order valence-electron chi connectivity index (χ4n) is 2.47. The summed E-state index contributed by atoms with van der Waals surface area (Å²) in [6.07, 6.45) is 3.52. The fraction of sp³-hybridized carbons (Fsp3) is 0.375. The predicted octanol–water partition coefficient (Wildman–Crippen LogP) is 2.08. The van der Waals surface area contributed by atoms with Crippen LogP contribution in [0.2, 0.25) is 0 Å². The minimum atomic E-state index is -0.983. The van der Waals surface area contributed by atoms with Crippen molar-refractivity contribution in [1.29, 1.82) is 0 Å². The number of fused-ring (bicyclic) bond motifs is 1. The molecule has 1 aromatic carbocycles. The number of carbonyl (C=O) groups is 2. The van der Waals surface area contributed by atoms with Crippen molar-refractivity contribution in [3.05, 3.63) is 47.5 Å². The van der Waals surface area contributed by atoms with Gasteiger partial charge in [-0.2, -0.15) is 0 Å². The van der Waals surface area contributed by atoms with Crippen LogP contribution >= 0.6 is 0 Å². The van der Waals surface area contributed by atoms with Gasteiger partial charge < -0.3 is 10.4 Å². The molecule has 0 saturated heterocycles. The van der Waals surface area contributed by atoms with Crippen molar-refractivity contribution in [3.63, 3.8) is 0 Å². The first-order valence-electron chi connectivity index (χ1n) is 6.86. The molecule has 0 saturated carbocycles. The van der Waals surface area contributed by atoms with Crippen LogP contribution in [0.3, 0.4) is 0 Å². The van der Waals surface area contributed by atoms with Crippen molar-refractivity contribution in [2.24, 2.45) is 0 Å². The second-order valence-electron chi connectivity index (χ2n) is 5.16. The lowest BCUT2D eigenvalue weighted by Gasteiger charge is -2.14. The zero-order valence-corrected chi connectivity index (χ0v) is 11.4. The Morgan fingerprint density at radius 1 is 1.25 bits per heavy atom. The molecule has 0 radical (unpaired) electrons. The zero-order valence-electron chi connectivity index (χ0n) is 11.4. The summed E-state index contributed by atoms with van der Waals surface area (Å²) in [5.74, 6) is -1.35. The highest BCUT2D eigenvalue weighted by atomic mass is 16.4. The maximum Gasteiger partial charge on any atom is 0.326 e. The van der Waals surface area contributed by atoms with Crippen LogP contribution in [-0.4, -0.2) is 23.0 Å². The summed E-state index contributed by atoms with van der Waals surface area (Å²) in [6, 6.07) is 7.18. The molecule has 0 aromatic heterocycles. The summed E-state index contributed by atoms with van der Waals surface area (Å²) in [6.45, 7) is 3.79. The smallest absolute Gasteiger partial charge is 0.326 e. The monoisotopic (exact) mass is 273 g/mol. The van der Waals surface area contributed by atoms with E-state index in [9.17, 15) is 9.59 Å². The lowest BCUT2D eigenvalue weighted by atomic mass is 9.97. The van der Waals surface area contributed by atoms with Crippen LogP contribution in [-0.2, 0) is 22.4 Å². The van der Waals surface area contributed by atoms with Crippen molar-refractivity contribution in [1.82, 2.24) is 5.32 Å². The van der Waals surface area contributed by atoms with E-state index in [1.165, 1.54) is 5.56 Å². The molecule has 0 bridgehead atoms. The highest BCUT2D eigenvalue weighted by Crippen LogP contribution is 2.18. The first kappa shape index (κ1) is 14.3. The Balaban J connectivity index is 2.22. The Morgan fingerprint density at radius 3 is 2.65 bits per heavy atom. The average molecular weight is 273 g/mol. The molecule has 20 heavy (non-hydrogen) atoms. The van der Waals surface area contributed by atoms with Gasteiger partial charge in [-0.05, 0) is 30.4 Å². The maximum absolute atomic E-state index is 12.0. The van der Waals surface area contributed by atoms with Gasteiger partial charge in [-0.3, -0.25) is 4.79 Å². The van der Waals surface area contributed by atoms with Gasteiger partial charge in [-0.25, -0.2) is 4.79 Å². The van der Waals surface area contributed by atoms with Crippen LogP contribution in [0.5, 0.6) is 0 Å². The van der Waals surface area contributed by atoms with Gasteiger partial charge in [0.15, 0.2) is 0 Å². The van der Waals surface area contributed by atoms with E-state index in [4.69, 9.17) is 5.11 Å². The summed E-state index contributed by atoms with van der Waals surface area (Å²) in [7, 11) is 0. The zero-order chi connectivity index (χ0) is 14.5. The van der Waals surface area contributed by atoms with E-state index in [-0.39, 0.29) is 5.91 Å². The number of carbonyl (C=O) groups excluding carboxylic acids is 1. The molecule has 1 aliphatic rings. The quantitative estimate of drug-likeness (QED) is 0.770. The summed E-state index contributed by atoms with van der Waals surface area (Å²) in [5, 5.41) is 11.7. The average Bonchev–Trinajstić information content (AvgIpc) is 2.44. The van der Waals surface area contributed by atoms with Crippen molar-refractivity contribution >= 4 is 11.9 Å². The third-order valence-corrected chi connectivity index (χ3v) is 3.64. The molecule has 4 nitrogen and oxygen atoms in total. The van der Waals surface area contributed by atoms with Crippen molar-refractivity contribution in [2.75, 3.05) is 0 Å². The van der Waals surface area contributed by atoms with E-state index < -0.39 is 12.0 Å². The van der Waals surface area contributed by atoms with Gasteiger partial charge in [0.1, 0.15) is 6.04 Å². The van der Waals surface area contributed by atoms with Gasteiger partial charge in [0, 0.05) is 12.0 Å². The van der Waals surface area contributed by atoms with E-state index in [1.54, 1.807) is 0 Å². The number of aliphatic carboxylic acids is 1. The number of amides is 1. The van der Waals surface area contributed by atoms with E-state index >= 15 is 0 Å². The van der Waals surface area contributed by atoms with E-state index in [0.29, 0.717) is 18.4 Å². The van der Waals surface area contributed by atoms with Gasteiger partial charge >= 0.3 is 5.97 Å². The number of hydrogen-bond donors (Lipinski definition) is 2. The second kappa shape index (κ2) is 6.37. The van der Waals surface area contributed by atoms with Crippen LogP contribution in [0.1, 0.15) is 30.4 Å². The number of carboxylic acid groups (broad SMARTS) is 1. The highest BCUT2D eigenvalue weighted by molar-refractivity contribution is 5.95. The predicted molar refractivity (Wildman–Crippen MR) is 76.4 cm³/mol. The Hall–Kier alpha value is -2.10. The molecule has 2 rings (SSSR count). The first-order chi connectivity index (χ1) is 9.58. The van der Waals surface area contributed by atoms with Crippen LogP contribution in [0, 0.1) is 0 Å². The van der Waals surface area contributed by atoms with Crippen molar-refractivity contribution in [2.45, 2.75) is 38.1 Å². The van der Waals surface area contributed by atoms with Gasteiger partial charge in [0.2, 0.25) is 5.91 Å².